The second kappa shape index (κ2) is 11.9. The number of anilines is 1. The second-order valence-corrected chi connectivity index (χ2v) is 10.1. The Labute approximate surface area is 235 Å². The summed E-state index contributed by atoms with van der Waals surface area (Å²) < 4.78 is 27.1. The first-order chi connectivity index (χ1) is 18.9. The molecule has 200 valence electrons. The third kappa shape index (κ3) is 5.94. The van der Waals surface area contributed by atoms with Crippen molar-refractivity contribution in [1.29, 1.82) is 0 Å². The average Bonchev–Trinajstić information content (AvgIpc) is 3.34. The summed E-state index contributed by atoms with van der Waals surface area (Å²) in [6, 6.07) is 21.0. The predicted molar refractivity (Wildman–Crippen MR) is 149 cm³/mol. The zero-order valence-corrected chi connectivity index (χ0v) is 22.9. The van der Waals surface area contributed by atoms with E-state index >= 15 is 0 Å². The lowest BCUT2D eigenvalue weighted by atomic mass is 9.96. The van der Waals surface area contributed by atoms with E-state index < -0.39 is 12.0 Å². The molecular weight excluding hydrogens is 539 g/mol. The van der Waals surface area contributed by atoms with Gasteiger partial charge < -0.3 is 14.8 Å². The van der Waals surface area contributed by atoms with Crippen molar-refractivity contribution in [3.63, 3.8) is 0 Å². The molecule has 1 atom stereocenters. The molecule has 10 heteroatoms. The van der Waals surface area contributed by atoms with Crippen molar-refractivity contribution < 1.29 is 18.7 Å². The van der Waals surface area contributed by atoms with Crippen LogP contribution >= 0.6 is 23.4 Å². The van der Waals surface area contributed by atoms with Crippen molar-refractivity contribution in [2.45, 2.75) is 37.4 Å². The highest BCUT2D eigenvalue weighted by Crippen LogP contribution is 2.37. The van der Waals surface area contributed by atoms with E-state index in [1.54, 1.807) is 29.8 Å². The Hall–Kier alpha value is -3.82. The summed E-state index contributed by atoms with van der Waals surface area (Å²) >= 11 is 7.57. The molecular formula is C29H26ClFN4O3S. The molecule has 0 radical (unpaired) electrons. The zero-order valence-electron chi connectivity index (χ0n) is 21.4. The number of hydrogen-bond acceptors (Lipinski definition) is 7. The lowest BCUT2D eigenvalue weighted by Gasteiger charge is -2.28. The first kappa shape index (κ1) is 26.8. The van der Waals surface area contributed by atoms with Gasteiger partial charge in [0.2, 0.25) is 11.1 Å². The summed E-state index contributed by atoms with van der Waals surface area (Å²) in [5, 5.41) is 8.97. The van der Waals surface area contributed by atoms with Gasteiger partial charge in [-0.05, 0) is 49.2 Å². The Kier molecular flexibility index (Phi) is 8.18. The summed E-state index contributed by atoms with van der Waals surface area (Å²) in [5.41, 5.74) is 3.32. The molecule has 7 nitrogen and oxygen atoms in total. The van der Waals surface area contributed by atoms with E-state index in [0.29, 0.717) is 51.1 Å². The first-order valence-corrected chi connectivity index (χ1v) is 13.7. The maximum absolute atomic E-state index is 14.1. The van der Waals surface area contributed by atoms with Crippen molar-refractivity contribution >= 4 is 35.3 Å². The van der Waals surface area contributed by atoms with Crippen molar-refractivity contribution in [2.24, 2.45) is 0 Å². The van der Waals surface area contributed by atoms with Gasteiger partial charge in [0, 0.05) is 22.0 Å². The van der Waals surface area contributed by atoms with Gasteiger partial charge in [0.15, 0.2) is 0 Å². The van der Waals surface area contributed by atoms with Crippen molar-refractivity contribution in [3.05, 3.63) is 112 Å². The predicted octanol–water partition coefficient (Wildman–Crippen LogP) is 6.79. The third-order valence-electron chi connectivity index (χ3n) is 6.19. The largest absolute Gasteiger partial charge is 0.489 e. The standard InChI is InChI=1S/C29H26ClFN4O3S/c1-3-37-27(36)25-18(2)32-28-33-29(39-17-21-9-5-7-11-24(21)31)34-35(28)26(25)19-12-14-22(15-13-19)38-16-20-8-4-6-10-23(20)30/h4-15,26H,3,16-17H2,1-2H3,(H,32,33,34). The molecule has 1 aromatic heterocycles. The van der Waals surface area contributed by atoms with Crippen molar-refractivity contribution in [2.75, 3.05) is 11.9 Å². The molecule has 0 fully saturated rings. The van der Waals surface area contributed by atoms with Crippen LogP contribution in [0.3, 0.4) is 0 Å². The summed E-state index contributed by atoms with van der Waals surface area (Å²) in [7, 11) is 0. The van der Waals surface area contributed by atoms with Gasteiger partial charge in [-0.15, -0.1) is 5.10 Å². The highest BCUT2D eigenvalue weighted by atomic mass is 35.5. The summed E-state index contributed by atoms with van der Waals surface area (Å²) in [4.78, 5) is 17.7. The lowest BCUT2D eigenvalue weighted by Crippen LogP contribution is -2.29. The maximum Gasteiger partial charge on any atom is 0.338 e. The van der Waals surface area contributed by atoms with Gasteiger partial charge in [-0.1, -0.05) is 71.9 Å². The molecule has 0 bridgehead atoms. The van der Waals surface area contributed by atoms with Crippen LogP contribution in [-0.4, -0.2) is 27.3 Å². The molecule has 4 aromatic rings. The normalized spacial score (nSPS) is 14.5. The number of nitrogens with one attached hydrogen (secondary N) is 1. The van der Waals surface area contributed by atoms with Crippen molar-refractivity contribution in [1.82, 2.24) is 14.8 Å². The van der Waals surface area contributed by atoms with Crippen LogP contribution in [0, 0.1) is 5.82 Å². The number of fused-ring (bicyclic) bond motifs is 1. The van der Waals surface area contributed by atoms with Gasteiger partial charge in [0.25, 0.3) is 0 Å². The highest BCUT2D eigenvalue weighted by Gasteiger charge is 2.35. The number of halogens is 2. The second-order valence-electron chi connectivity index (χ2n) is 8.78. The number of ether oxygens (including phenoxy) is 2. The summed E-state index contributed by atoms with van der Waals surface area (Å²) in [5.74, 6) is 0.804. The number of rotatable bonds is 9. The van der Waals surface area contributed by atoms with E-state index in [1.165, 1.54) is 17.8 Å². The van der Waals surface area contributed by atoms with E-state index in [-0.39, 0.29) is 12.4 Å². The van der Waals surface area contributed by atoms with Crippen LogP contribution in [0.25, 0.3) is 0 Å². The molecule has 5 rings (SSSR count). The topological polar surface area (TPSA) is 78.3 Å². The molecule has 1 aliphatic heterocycles. The average molecular weight is 565 g/mol. The highest BCUT2D eigenvalue weighted by molar-refractivity contribution is 7.98. The number of allylic oxidation sites excluding steroid dienone is 1. The molecule has 3 aromatic carbocycles. The van der Waals surface area contributed by atoms with E-state index in [9.17, 15) is 9.18 Å². The Morgan fingerprint density at radius 3 is 2.51 bits per heavy atom. The van der Waals surface area contributed by atoms with Gasteiger partial charge in [0.05, 0.1) is 12.2 Å². The molecule has 1 aliphatic rings. The van der Waals surface area contributed by atoms with Crippen LogP contribution in [-0.2, 0) is 21.9 Å². The van der Waals surface area contributed by atoms with Gasteiger partial charge in [-0.2, -0.15) is 4.98 Å². The van der Waals surface area contributed by atoms with Gasteiger partial charge in [0.1, 0.15) is 24.2 Å². The quantitative estimate of drug-likeness (QED) is 0.177. The number of nitrogens with zero attached hydrogens (tertiary/aromatic N) is 3. The SMILES string of the molecule is CCOC(=O)C1=C(C)Nc2nc(SCc3ccccc3F)nn2C1c1ccc(OCc2ccccc2Cl)cc1. The summed E-state index contributed by atoms with van der Waals surface area (Å²) in [6.07, 6.45) is 0. The zero-order chi connectivity index (χ0) is 27.4. The molecule has 39 heavy (non-hydrogen) atoms. The molecule has 2 heterocycles. The number of thioether (sulfide) groups is 1. The fourth-order valence-electron chi connectivity index (χ4n) is 4.25. The van der Waals surface area contributed by atoms with Gasteiger partial charge in [-0.25, -0.2) is 13.9 Å². The number of hydrogen-bond donors (Lipinski definition) is 1. The van der Waals surface area contributed by atoms with E-state index in [1.807, 2.05) is 55.5 Å². The van der Waals surface area contributed by atoms with Crippen LogP contribution < -0.4 is 10.1 Å². The Balaban J connectivity index is 1.42. The van der Waals surface area contributed by atoms with Crippen LogP contribution in [0.15, 0.2) is 89.2 Å². The molecule has 0 saturated heterocycles. The first-order valence-electron chi connectivity index (χ1n) is 12.4. The number of benzene rings is 3. The van der Waals surface area contributed by atoms with E-state index in [0.717, 1.165) is 11.1 Å². The van der Waals surface area contributed by atoms with E-state index in [2.05, 4.69) is 15.4 Å². The monoisotopic (exact) mass is 564 g/mol. The number of aromatic nitrogens is 3. The van der Waals surface area contributed by atoms with Crippen LogP contribution in [0.5, 0.6) is 5.75 Å². The minimum absolute atomic E-state index is 0.241. The van der Waals surface area contributed by atoms with Gasteiger partial charge >= 0.3 is 5.97 Å². The maximum atomic E-state index is 14.1. The van der Waals surface area contributed by atoms with Crippen LogP contribution in [0.2, 0.25) is 5.02 Å². The lowest BCUT2D eigenvalue weighted by molar-refractivity contribution is -0.139. The molecule has 0 saturated carbocycles. The molecule has 1 N–H and O–H groups in total. The fraction of sp³-hybridized carbons (Fsp3) is 0.207. The van der Waals surface area contributed by atoms with Crippen molar-refractivity contribution in [3.8, 4) is 5.75 Å². The smallest absolute Gasteiger partial charge is 0.338 e. The van der Waals surface area contributed by atoms with E-state index in [4.69, 9.17) is 21.1 Å². The molecule has 0 aliphatic carbocycles. The fourth-order valence-corrected chi connectivity index (χ4v) is 5.26. The minimum atomic E-state index is -0.576. The van der Waals surface area contributed by atoms with Crippen LogP contribution in [0.1, 0.15) is 36.6 Å². The molecule has 0 amide bonds. The third-order valence-corrected chi connectivity index (χ3v) is 7.45. The Morgan fingerprint density at radius 2 is 1.79 bits per heavy atom. The van der Waals surface area contributed by atoms with Crippen LogP contribution in [0.4, 0.5) is 10.3 Å². The molecule has 1 unspecified atom stereocenters. The summed E-state index contributed by atoms with van der Waals surface area (Å²) in [6.45, 7) is 4.15. The number of carbonyl (C=O) groups is 1. The Morgan fingerprint density at radius 1 is 1.08 bits per heavy atom. The number of esters is 1. The Bertz CT molecular complexity index is 1520. The molecule has 0 spiro atoms. The van der Waals surface area contributed by atoms with Gasteiger partial charge in [-0.3, -0.25) is 0 Å². The number of carbonyl (C=O) groups excluding carboxylic acids is 1. The minimum Gasteiger partial charge on any atom is -0.489 e.